The average Bonchev–Trinajstić information content (AvgIpc) is 3.35. The van der Waals surface area contributed by atoms with E-state index >= 15 is 0 Å². The Balaban J connectivity index is 0.000000447. The number of aliphatic hydroxyl groups is 1. The Hall–Kier alpha value is -1.59. The van der Waals surface area contributed by atoms with Gasteiger partial charge in [0.05, 0.1) is 12.9 Å². The van der Waals surface area contributed by atoms with E-state index in [9.17, 15) is 18.0 Å². The van der Waals surface area contributed by atoms with Crippen LogP contribution in [0.1, 0.15) is 133 Å². The molecular weight excluding hydrogens is 584 g/mol. The fourth-order valence-electron chi connectivity index (χ4n) is 6.67. The highest BCUT2D eigenvalue weighted by Gasteiger charge is 2.46. The Morgan fingerprint density at radius 3 is 1.50 bits per heavy atom. The number of likely N-dealkylation sites (tertiary alicyclic amines) is 2. The van der Waals surface area contributed by atoms with Crippen LogP contribution in [-0.2, 0) is 23.8 Å². The molecule has 4 atom stereocenters. The van der Waals surface area contributed by atoms with Crippen LogP contribution < -0.4 is 0 Å². The van der Waals surface area contributed by atoms with Crippen LogP contribution in [0, 0.1) is 11.8 Å². The maximum atomic E-state index is 12.6. The molecule has 4 unspecified atom stereocenters. The summed E-state index contributed by atoms with van der Waals surface area (Å²) in [7, 11) is -3.38. The van der Waals surface area contributed by atoms with E-state index in [0.717, 1.165) is 70.6 Å². The van der Waals surface area contributed by atoms with Crippen LogP contribution in [-0.4, -0.2) is 90.3 Å². The van der Waals surface area contributed by atoms with Crippen LogP contribution in [0.3, 0.4) is 0 Å². The molecule has 2 heterocycles. The molecule has 10 nitrogen and oxygen atoms in total. The van der Waals surface area contributed by atoms with Crippen LogP contribution in [0.2, 0.25) is 0 Å². The zero-order valence-electron chi connectivity index (χ0n) is 29.7. The third-order valence-corrected chi connectivity index (χ3v) is 8.87. The van der Waals surface area contributed by atoms with Crippen molar-refractivity contribution in [3.8, 4) is 0 Å². The molecule has 0 aliphatic carbocycles. The third-order valence-electron chi connectivity index (χ3n) is 8.27. The van der Waals surface area contributed by atoms with E-state index in [4.69, 9.17) is 18.8 Å². The first-order valence-corrected chi connectivity index (χ1v) is 18.4. The van der Waals surface area contributed by atoms with E-state index in [1.165, 1.54) is 0 Å². The van der Waals surface area contributed by atoms with E-state index in [2.05, 4.69) is 27.7 Å². The molecule has 2 aliphatic rings. The van der Waals surface area contributed by atoms with Crippen molar-refractivity contribution in [1.29, 1.82) is 0 Å². The van der Waals surface area contributed by atoms with Gasteiger partial charge in [0, 0.05) is 30.8 Å². The first-order chi connectivity index (χ1) is 20.1. The van der Waals surface area contributed by atoms with Crippen molar-refractivity contribution in [2.24, 2.45) is 11.8 Å². The van der Waals surface area contributed by atoms with Crippen molar-refractivity contribution >= 4 is 22.3 Å². The van der Waals surface area contributed by atoms with Crippen LogP contribution >= 0.6 is 0 Å². The van der Waals surface area contributed by atoms with Gasteiger partial charge in [0.15, 0.2) is 0 Å². The first kappa shape index (κ1) is 40.4. The zero-order chi connectivity index (χ0) is 34.0. The summed E-state index contributed by atoms with van der Waals surface area (Å²) in [6.45, 7) is 21.7. The summed E-state index contributed by atoms with van der Waals surface area (Å²) in [6.07, 6.45) is 9.84. The number of carbonyl (C=O) groups is 2. The summed E-state index contributed by atoms with van der Waals surface area (Å²) in [4.78, 5) is 28.8. The monoisotopic (exact) mass is 648 g/mol. The van der Waals surface area contributed by atoms with Gasteiger partial charge in [0.1, 0.15) is 11.2 Å². The number of carbonyl (C=O) groups excluding carboxylic acids is 2. The van der Waals surface area contributed by atoms with Gasteiger partial charge in [-0.1, -0.05) is 26.7 Å². The molecule has 0 bridgehead atoms. The average molecular weight is 649 g/mol. The molecule has 260 valence electrons. The zero-order valence-corrected chi connectivity index (χ0v) is 30.5. The Kier molecular flexibility index (Phi) is 15.5. The van der Waals surface area contributed by atoms with Crippen molar-refractivity contribution in [1.82, 2.24) is 9.80 Å². The minimum absolute atomic E-state index is 0.1000. The normalized spacial score (nSPS) is 25.9. The lowest BCUT2D eigenvalue weighted by Crippen LogP contribution is -2.47. The highest BCUT2D eigenvalue weighted by Crippen LogP contribution is 2.40. The van der Waals surface area contributed by atoms with Crippen molar-refractivity contribution < 1.29 is 36.8 Å². The quantitative estimate of drug-likeness (QED) is 0.175. The minimum Gasteiger partial charge on any atom is -0.444 e. The third kappa shape index (κ3) is 14.2. The number of hydrogen-bond donors (Lipinski definition) is 1. The molecule has 0 aromatic carbocycles. The topological polar surface area (TPSA) is 123 Å². The highest BCUT2D eigenvalue weighted by atomic mass is 32.2. The summed E-state index contributed by atoms with van der Waals surface area (Å²) >= 11 is 0. The van der Waals surface area contributed by atoms with Crippen LogP contribution in [0.15, 0.2) is 0 Å². The first-order valence-electron chi connectivity index (χ1n) is 16.5. The molecule has 0 aromatic rings. The number of amides is 2. The number of aliphatic hydroxyl groups excluding tert-OH is 1. The lowest BCUT2D eigenvalue weighted by Gasteiger charge is -2.36. The summed E-state index contributed by atoms with van der Waals surface area (Å²) < 4.78 is 37.9. The Morgan fingerprint density at radius 1 is 0.795 bits per heavy atom. The van der Waals surface area contributed by atoms with Gasteiger partial charge < -0.3 is 24.4 Å². The Labute approximate surface area is 268 Å². The smallest absolute Gasteiger partial charge is 0.410 e. The lowest BCUT2D eigenvalue weighted by atomic mass is 9.88. The van der Waals surface area contributed by atoms with E-state index in [1.54, 1.807) is 0 Å². The Morgan fingerprint density at radius 2 is 1.18 bits per heavy atom. The highest BCUT2D eigenvalue weighted by molar-refractivity contribution is 7.85. The number of hydrogen-bond acceptors (Lipinski definition) is 8. The van der Waals surface area contributed by atoms with Crippen molar-refractivity contribution in [3.05, 3.63) is 0 Å². The van der Waals surface area contributed by atoms with E-state index in [-0.39, 0.29) is 36.5 Å². The molecule has 0 radical (unpaired) electrons. The summed E-state index contributed by atoms with van der Waals surface area (Å²) in [5.41, 5.74) is -1.25. The summed E-state index contributed by atoms with van der Waals surface area (Å²) in [6, 6.07) is 0. The van der Waals surface area contributed by atoms with E-state index < -0.39 is 21.3 Å². The SMILES string of the molecule is CCCC1(C)CC(CCCO)CN1C(=O)OC(C)(C)C.CCCC1(C)CC(CCCOS(C)(=O)=O)CN1C(=O)OC(C)(C)C. The number of nitrogens with zero attached hydrogens (tertiary/aromatic N) is 2. The molecule has 2 saturated heterocycles. The van der Waals surface area contributed by atoms with Gasteiger partial charge in [0.2, 0.25) is 0 Å². The molecular formula is C33H64N2O8S. The van der Waals surface area contributed by atoms with E-state index in [1.807, 2.05) is 51.3 Å². The number of rotatable bonds is 12. The van der Waals surface area contributed by atoms with Gasteiger partial charge in [-0.05, 0) is 119 Å². The molecule has 44 heavy (non-hydrogen) atoms. The Bertz CT molecular complexity index is 1010. The van der Waals surface area contributed by atoms with Gasteiger partial charge in [0.25, 0.3) is 10.1 Å². The second kappa shape index (κ2) is 16.8. The fraction of sp³-hybridized carbons (Fsp3) is 0.939. The van der Waals surface area contributed by atoms with Crippen molar-refractivity contribution in [2.45, 2.75) is 156 Å². The molecule has 0 spiro atoms. The molecule has 11 heteroatoms. The van der Waals surface area contributed by atoms with Gasteiger partial charge >= 0.3 is 12.2 Å². The standard InChI is InChI=1S/C17H33NO5S.C16H31NO3/c1-7-10-17(5)12-14(9-8-11-22-24(6,20)21)13-18(17)15(19)23-16(2,3)4;1-6-9-16(5)11-13(8-7-10-18)12-17(16)14(19)20-15(2,3)4/h14H,7-13H2,1-6H3;13,18H,6-12H2,1-5H3. The van der Waals surface area contributed by atoms with Gasteiger partial charge in [-0.2, -0.15) is 8.42 Å². The molecule has 2 aliphatic heterocycles. The fourth-order valence-corrected chi connectivity index (χ4v) is 7.10. The summed E-state index contributed by atoms with van der Waals surface area (Å²) in [5, 5.41) is 8.98. The van der Waals surface area contributed by atoms with Crippen LogP contribution in [0.5, 0.6) is 0 Å². The van der Waals surface area contributed by atoms with Gasteiger partial charge in [-0.3, -0.25) is 4.18 Å². The van der Waals surface area contributed by atoms with Gasteiger partial charge in [-0.15, -0.1) is 0 Å². The van der Waals surface area contributed by atoms with Gasteiger partial charge in [-0.25, -0.2) is 9.59 Å². The molecule has 2 amide bonds. The second-order valence-corrected chi connectivity index (χ2v) is 17.0. The molecule has 1 N–H and O–H groups in total. The maximum Gasteiger partial charge on any atom is 0.410 e. The van der Waals surface area contributed by atoms with Crippen molar-refractivity contribution in [3.63, 3.8) is 0 Å². The predicted octanol–water partition coefficient (Wildman–Crippen LogP) is 7.13. The molecule has 2 fully saturated rings. The lowest BCUT2D eigenvalue weighted by molar-refractivity contribution is 0.00784. The molecule has 0 aromatic heterocycles. The summed E-state index contributed by atoms with van der Waals surface area (Å²) in [5.74, 6) is 0.823. The minimum atomic E-state index is -3.38. The van der Waals surface area contributed by atoms with Crippen LogP contribution in [0.4, 0.5) is 9.59 Å². The molecule has 2 rings (SSSR count). The maximum absolute atomic E-state index is 12.6. The molecule has 0 saturated carbocycles. The van der Waals surface area contributed by atoms with Crippen LogP contribution in [0.25, 0.3) is 0 Å². The van der Waals surface area contributed by atoms with E-state index in [0.29, 0.717) is 24.8 Å². The number of ether oxygens (including phenoxy) is 2. The predicted molar refractivity (Wildman–Crippen MR) is 175 cm³/mol. The largest absolute Gasteiger partial charge is 0.444 e. The van der Waals surface area contributed by atoms with Crippen molar-refractivity contribution in [2.75, 3.05) is 32.6 Å². The second-order valence-electron chi connectivity index (χ2n) is 15.4.